The quantitative estimate of drug-likeness (QED) is 0.445. The molecule has 0 fully saturated rings. The smallest absolute Gasteiger partial charge is 0.229 e. The second-order valence-corrected chi connectivity index (χ2v) is 15.2. The molecule has 0 aliphatic rings. The van der Waals surface area contributed by atoms with E-state index in [1.54, 1.807) is 0 Å². The van der Waals surface area contributed by atoms with Crippen molar-refractivity contribution >= 4 is 34.7 Å². The maximum absolute atomic E-state index is 11.6. The fraction of sp³-hybridized carbons (Fsp3) is 0.304. The minimum Gasteiger partial charge on any atom is -0.344 e. The third-order valence-electron chi connectivity index (χ3n) is 4.47. The first-order valence-corrected chi connectivity index (χ1v) is 15.1. The van der Waals surface area contributed by atoms with E-state index in [0.29, 0.717) is 5.69 Å². The Balaban J connectivity index is 2.06. The summed E-state index contributed by atoms with van der Waals surface area (Å²) in [6.07, 6.45) is 3.30. The molecule has 4 nitrogen and oxygen atoms in total. The molecule has 1 heterocycles. The molecule has 6 heteroatoms. The second kappa shape index (κ2) is 7.73. The summed E-state index contributed by atoms with van der Waals surface area (Å²) in [5, 5.41) is 1.10. The van der Waals surface area contributed by atoms with Gasteiger partial charge in [0.15, 0.2) is 0 Å². The van der Waals surface area contributed by atoms with E-state index < -0.39 is 18.1 Å². The number of sulfonamides is 1. The van der Waals surface area contributed by atoms with Crippen molar-refractivity contribution in [3.8, 4) is 22.6 Å². The van der Waals surface area contributed by atoms with Gasteiger partial charge in [0.05, 0.1) is 17.5 Å². The lowest BCUT2D eigenvalue weighted by Gasteiger charge is -2.10. The highest BCUT2D eigenvalue weighted by Gasteiger charge is 2.14. The molecule has 0 radical (unpaired) electrons. The largest absolute Gasteiger partial charge is 0.344 e. The van der Waals surface area contributed by atoms with E-state index >= 15 is 0 Å². The van der Waals surface area contributed by atoms with Crippen LogP contribution in [0, 0.1) is 11.5 Å². The number of nitrogens with zero attached hydrogens (tertiary/aromatic N) is 1. The standard InChI is InChI=1S/C23H28N2O2SSi/c1-17(2)25-16-22(19-9-7-18(8-10-19)13-14-29(4,5)6)21-12-11-20(15-23(21)25)24-28(3,26)27/h7-12,15-17,24H,1-6H3. The number of hydrogen-bond donors (Lipinski definition) is 1. The lowest BCUT2D eigenvalue weighted by molar-refractivity contribution is 0.607. The molecule has 29 heavy (non-hydrogen) atoms. The number of hydrogen-bond acceptors (Lipinski definition) is 2. The normalized spacial score (nSPS) is 12.1. The minimum absolute atomic E-state index is 0.251. The van der Waals surface area contributed by atoms with Crippen LogP contribution >= 0.6 is 0 Å². The van der Waals surface area contributed by atoms with Crippen LogP contribution < -0.4 is 4.72 Å². The molecule has 1 aromatic heterocycles. The topological polar surface area (TPSA) is 51.1 Å². The van der Waals surface area contributed by atoms with Crippen molar-refractivity contribution in [1.29, 1.82) is 0 Å². The van der Waals surface area contributed by atoms with Gasteiger partial charge in [-0.05, 0) is 43.7 Å². The highest BCUT2D eigenvalue weighted by molar-refractivity contribution is 7.92. The minimum atomic E-state index is -3.31. The fourth-order valence-corrected chi connectivity index (χ4v) is 4.25. The third kappa shape index (κ3) is 5.31. The van der Waals surface area contributed by atoms with Gasteiger partial charge in [-0.2, -0.15) is 0 Å². The molecule has 0 aliphatic carbocycles. The summed E-state index contributed by atoms with van der Waals surface area (Å²) < 4.78 is 28.0. The molecule has 3 aromatic rings. The van der Waals surface area contributed by atoms with Gasteiger partial charge in [0.25, 0.3) is 0 Å². The van der Waals surface area contributed by atoms with Crippen LogP contribution in [0.3, 0.4) is 0 Å². The molecule has 0 spiro atoms. The van der Waals surface area contributed by atoms with Crippen LogP contribution in [0.4, 0.5) is 5.69 Å². The van der Waals surface area contributed by atoms with E-state index in [4.69, 9.17) is 0 Å². The first kappa shape index (κ1) is 21.2. The Morgan fingerprint density at radius 3 is 2.24 bits per heavy atom. The summed E-state index contributed by atoms with van der Waals surface area (Å²) in [4.78, 5) is 0. The fourth-order valence-electron chi connectivity index (χ4n) is 3.18. The molecule has 0 atom stereocenters. The molecule has 1 N–H and O–H groups in total. The number of nitrogens with one attached hydrogen (secondary N) is 1. The number of fused-ring (bicyclic) bond motifs is 1. The first-order chi connectivity index (χ1) is 13.4. The van der Waals surface area contributed by atoms with Crippen LogP contribution in [0.1, 0.15) is 25.5 Å². The second-order valence-electron chi connectivity index (χ2n) is 8.73. The van der Waals surface area contributed by atoms with Gasteiger partial charge in [0, 0.05) is 28.8 Å². The van der Waals surface area contributed by atoms with Gasteiger partial charge >= 0.3 is 0 Å². The summed E-state index contributed by atoms with van der Waals surface area (Å²) in [7, 11) is -4.71. The Hall–Kier alpha value is -2.49. The van der Waals surface area contributed by atoms with Gasteiger partial charge in [-0.15, -0.1) is 5.54 Å². The first-order valence-electron chi connectivity index (χ1n) is 9.69. The average Bonchev–Trinajstić information content (AvgIpc) is 2.97. The Labute approximate surface area is 175 Å². The molecule has 0 unspecified atom stereocenters. The molecule has 2 aromatic carbocycles. The van der Waals surface area contributed by atoms with Crippen LogP contribution in [0.25, 0.3) is 22.0 Å². The summed E-state index contributed by atoms with van der Waals surface area (Å²) >= 11 is 0. The highest BCUT2D eigenvalue weighted by atomic mass is 32.2. The maximum Gasteiger partial charge on any atom is 0.229 e. The van der Waals surface area contributed by atoms with Gasteiger partial charge in [-0.1, -0.05) is 43.8 Å². The third-order valence-corrected chi connectivity index (χ3v) is 5.95. The molecule has 0 saturated carbocycles. The zero-order valence-electron chi connectivity index (χ0n) is 17.9. The van der Waals surface area contributed by atoms with Crippen LogP contribution in [0.2, 0.25) is 19.6 Å². The van der Waals surface area contributed by atoms with Gasteiger partial charge in [-0.3, -0.25) is 4.72 Å². The zero-order valence-corrected chi connectivity index (χ0v) is 19.7. The number of anilines is 1. The molecule has 3 rings (SSSR count). The lowest BCUT2D eigenvalue weighted by atomic mass is 10.0. The van der Waals surface area contributed by atoms with E-state index in [1.807, 2.05) is 18.2 Å². The zero-order chi connectivity index (χ0) is 21.4. The van der Waals surface area contributed by atoms with Crippen molar-refractivity contribution in [1.82, 2.24) is 4.57 Å². The Bertz CT molecular complexity index is 1210. The van der Waals surface area contributed by atoms with Crippen LogP contribution in [-0.4, -0.2) is 27.3 Å². The van der Waals surface area contributed by atoms with Gasteiger partial charge in [0.2, 0.25) is 10.0 Å². The van der Waals surface area contributed by atoms with Crippen molar-refractivity contribution in [2.24, 2.45) is 0 Å². The molecule has 0 saturated heterocycles. The molecular formula is C23H28N2O2SSi. The molecule has 0 aliphatic heterocycles. The van der Waals surface area contributed by atoms with Gasteiger partial charge in [-0.25, -0.2) is 8.42 Å². The van der Waals surface area contributed by atoms with E-state index in [0.717, 1.165) is 33.8 Å². The SMILES string of the molecule is CC(C)n1cc(-c2ccc(C#C[Si](C)(C)C)cc2)c2ccc(NS(C)(=O)=O)cc21. The number of rotatable bonds is 4. The van der Waals surface area contributed by atoms with Crippen LogP contribution in [0.5, 0.6) is 0 Å². The molecule has 152 valence electrons. The monoisotopic (exact) mass is 424 g/mol. The predicted molar refractivity (Wildman–Crippen MR) is 126 cm³/mol. The Morgan fingerprint density at radius 1 is 1.03 bits per heavy atom. The predicted octanol–water partition coefficient (Wildman–Crippen LogP) is 5.49. The maximum atomic E-state index is 11.6. The Morgan fingerprint density at radius 2 is 1.69 bits per heavy atom. The van der Waals surface area contributed by atoms with E-state index in [1.165, 1.54) is 0 Å². The van der Waals surface area contributed by atoms with E-state index in [-0.39, 0.29) is 6.04 Å². The van der Waals surface area contributed by atoms with Crippen LogP contribution in [-0.2, 0) is 10.0 Å². The summed E-state index contributed by atoms with van der Waals surface area (Å²) in [6.45, 7) is 11.0. The lowest BCUT2D eigenvalue weighted by Crippen LogP contribution is -2.16. The van der Waals surface area contributed by atoms with Crippen molar-refractivity contribution in [3.63, 3.8) is 0 Å². The number of aromatic nitrogens is 1. The van der Waals surface area contributed by atoms with Crippen molar-refractivity contribution in [2.45, 2.75) is 39.5 Å². The summed E-state index contributed by atoms with van der Waals surface area (Å²) in [6, 6.07) is 14.3. The summed E-state index contributed by atoms with van der Waals surface area (Å²) in [5.41, 5.74) is 8.26. The van der Waals surface area contributed by atoms with Crippen molar-refractivity contribution in [2.75, 3.05) is 11.0 Å². The van der Waals surface area contributed by atoms with E-state index in [2.05, 4.69) is 84.7 Å². The number of benzene rings is 2. The van der Waals surface area contributed by atoms with Crippen molar-refractivity contribution in [3.05, 3.63) is 54.2 Å². The Kier molecular flexibility index (Phi) is 5.66. The average molecular weight is 425 g/mol. The van der Waals surface area contributed by atoms with Gasteiger partial charge in [0.1, 0.15) is 8.07 Å². The summed E-state index contributed by atoms with van der Waals surface area (Å²) in [5.74, 6) is 3.29. The van der Waals surface area contributed by atoms with E-state index in [9.17, 15) is 8.42 Å². The molecule has 0 amide bonds. The van der Waals surface area contributed by atoms with Crippen molar-refractivity contribution < 1.29 is 8.42 Å². The highest BCUT2D eigenvalue weighted by Crippen LogP contribution is 2.34. The van der Waals surface area contributed by atoms with Gasteiger partial charge < -0.3 is 4.57 Å². The molecule has 0 bridgehead atoms. The molecular weight excluding hydrogens is 396 g/mol. The van der Waals surface area contributed by atoms with Crippen LogP contribution in [0.15, 0.2) is 48.7 Å².